The van der Waals surface area contributed by atoms with Crippen molar-refractivity contribution in [3.05, 3.63) is 88.5 Å². The van der Waals surface area contributed by atoms with E-state index >= 15 is 0 Å². The summed E-state index contributed by atoms with van der Waals surface area (Å²) < 4.78 is 42.6. The zero-order chi connectivity index (χ0) is 19.7. The molecule has 0 aliphatic rings. The van der Waals surface area contributed by atoms with E-state index in [0.29, 0.717) is 20.2 Å². The summed E-state index contributed by atoms with van der Waals surface area (Å²) >= 11 is 1.86. The summed E-state index contributed by atoms with van der Waals surface area (Å²) in [6, 6.07) is 19.6. The van der Waals surface area contributed by atoms with Crippen LogP contribution in [0.15, 0.2) is 84.0 Å². The number of sulfonamides is 1. The molecule has 9 heteroatoms. The number of para-hydroxylation sites is 1. The first-order valence-corrected chi connectivity index (χ1v) is 10.8. The number of rotatable bonds is 4. The topological polar surface area (TPSA) is 63.2 Å². The summed E-state index contributed by atoms with van der Waals surface area (Å²) in [5, 5.41) is 0.441. The van der Waals surface area contributed by atoms with Crippen LogP contribution < -0.4 is 4.31 Å². The predicted molar refractivity (Wildman–Crippen MR) is 122 cm³/mol. The monoisotopic (exact) mass is 541 g/mol. The second kappa shape index (κ2) is 8.60. The van der Waals surface area contributed by atoms with E-state index in [2.05, 4.69) is 9.97 Å². The number of benzene rings is 3. The third kappa shape index (κ3) is 4.05. The minimum Gasteiger partial charge on any atom is -0.236 e. The molecule has 0 atom stereocenters. The molecule has 4 aromatic rings. The minimum absolute atomic E-state index is 0. The summed E-state index contributed by atoms with van der Waals surface area (Å²) in [5.74, 6) is -0.257. The molecule has 4 rings (SSSR count). The molecule has 0 aliphatic carbocycles. The molecule has 3 aromatic carbocycles. The van der Waals surface area contributed by atoms with Gasteiger partial charge >= 0.3 is 0 Å². The summed E-state index contributed by atoms with van der Waals surface area (Å²) in [7, 11) is -3.97. The third-order valence-corrected chi connectivity index (χ3v) is 6.68. The van der Waals surface area contributed by atoms with Crippen LogP contribution >= 0.6 is 35.0 Å². The average molecular weight is 542 g/mol. The maximum Gasteiger partial charge on any atom is 0.269 e. The Labute approximate surface area is 187 Å². The summed E-state index contributed by atoms with van der Waals surface area (Å²) in [4.78, 5) is 8.48. The van der Waals surface area contributed by atoms with Crippen molar-refractivity contribution in [2.24, 2.45) is 0 Å². The Kier molecular flexibility index (Phi) is 6.35. The van der Waals surface area contributed by atoms with Crippen LogP contribution in [0.1, 0.15) is 0 Å². The highest BCUT2D eigenvalue weighted by molar-refractivity contribution is 14.1. The lowest BCUT2D eigenvalue weighted by atomic mass is 10.2. The van der Waals surface area contributed by atoms with Crippen LogP contribution in [0.3, 0.4) is 0 Å². The van der Waals surface area contributed by atoms with E-state index in [4.69, 9.17) is 0 Å². The van der Waals surface area contributed by atoms with Gasteiger partial charge in [0.2, 0.25) is 0 Å². The molecule has 0 fully saturated rings. The van der Waals surface area contributed by atoms with Gasteiger partial charge < -0.3 is 0 Å². The largest absolute Gasteiger partial charge is 0.269 e. The van der Waals surface area contributed by atoms with Crippen molar-refractivity contribution in [3.8, 4) is 0 Å². The van der Waals surface area contributed by atoms with Gasteiger partial charge in [0.1, 0.15) is 12.1 Å². The molecular formula is C20H14ClFIN3O2S. The van der Waals surface area contributed by atoms with Gasteiger partial charge in [0.15, 0.2) is 5.82 Å². The van der Waals surface area contributed by atoms with E-state index in [1.54, 1.807) is 54.6 Å². The molecule has 0 radical (unpaired) electrons. The molecule has 1 aromatic heterocycles. The first-order valence-electron chi connectivity index (χ1n) is 8.23. The van der Waals surface area contributed by atoms with Crippen molar-refractivity contribution >= 4 is 67.4 Å². The highest BCUT2D eigenvalue weighted by atomic mass is 127. The van der Waals surface area contributed by atoms with E-state index in [-0.39, 0.29) is 23.1 Å². The van der Waals surface area contributed by atoms with E-state index in [1.165, 1.54) is 28.8 Å². The molecular weight excluding hydrogens is 528 g/mol. The fourth-order valence-corrected chi connectivity index (χ4v) is 4.79. The van der Waals surface area contributed by atoms with Gasteiger partial charge in [0.05, 0.1) is 16.1 Å². The van der Waals surface area contributed by atoms with Gasteiger partial charge in [0.25, 0.3) is 10.0 Å². The fourth-order valence-electron chi connectivity index (χ4n) is 2.84. The number of halogens is 3. The van der Waals surface area contributed by atoms with Crippen LogP contribution in [0, 0.1) is 9.39 Å². The van der Waals surface area contributed by atoms with Crippen molar-refractivity contribution in [2.45, 2.75) is 4.90 Å². The van der Waals surface area contributed by atoms with E-state index in [9.17, 15) is 12.8 Å². The number of fused-ring (bicyclic) bond motifs is 1. The van der Waals surface area contributed by atoms with Crippen molar-refractivity contribution < 1.29 is 12.8 Å². The second-order valence-corrected chi connectivity index (χ2v) is 8.85. The van der Waals surface area contributed by atoms with Crippen molar-refractivity contribution in [2.75, 3.05) is 4.31 Å². The maximum atomic E-state index is 14.0. The zero-order valence-electron chi connectivity index (χ0n) is 14.7. The van der Waals surface area contributed by atoms with Crippen LogP contribution in [0.4, 0.5) is 15.9 Å². The van der Waals surface area contributed by atoms with Crippen molar-refractivity contribution in [1.82, 2.24) is 9.97 Å². The molecule has 0 amide bonds. The smallest absolute Gasteiger partial charge is 0.236 e. The van der Waals surface area contributed by atoms with Crippen LogP contribution in [0.5, 0.6) is 0 Å². The third-order valence-electron chi connectivity index (χ3n) is 4.12. The average Bonchev–Trinajstić information content (AvgIpc) is 2.71. The Bertz CT molecular complexity index is 1260. The Morgan fingerprint density at radius 1 is 0.897 bits per heavy atom. The molecule has 0 unspecified atom stereocenters. The van der Waals surface area contributed by atoms with Crippen LogP contribution in [-0.2, 0) is 10.0 Å². The van der Waals surface area contributed by atoms with E-state index < -0.39 is 15.8 Å². The minimum atomic E-state index is -3.97. The highest BCUT2D eigenvalue weighted by Crippen LogP contribution is 2.35. The quantitative estimate of drug-likeness (QED) is 0.328. The highest BCUT2D eigenvalue weighted by Gasteiger charge is 2.29. The second-order valence-electron chi connectivity index (χ2n) is 5.90. The Balaban J connectivity index is 0.00000240. The molecule has 5 nitrogen and oxygen atoms in total. The van der Waals surface area contributed by atoms with Gasteiger partial charge in [-0.1, -0.05) is 36.4 Å². The molecule has 148 valence electrons. The van der Waals surface area contributed by atoms with Gasteiger partial charge in [-0.05, 0) is 52.9 Å². The van der Waals surface area contributed by atoms with Gasteiger partial charge in [0, 0.05) is 15.0 Å². The molecule has 0 spiro atoms. The number of nitrogens with zero attached hydrogens (tertiary/aromatic N) is 3. The zero-order valence-corrected chi connectivity index (χ0v) is 18.5. The first kappa shape index (κ1) is 21.4. The SMILES string of the molecule is Cl.O=S(=O)(c1ccccc1)N(c1ccccc1)c1ncnc2cc(F)c(I)cc12. The number of hydrogen-bond acceptors (Lipinski definition) is 4. The Morgan fingerprint density at radius 2 is 1.52 bits per heavy atom. The standard InChI is InChI=1S/C20H13FIN3O2S.ClH/c21-17-12-19-16(11-18(17)22)20(24-13-23-19)25(14-7-3-1-4-8-14)28(26,27)15-9-5-2-6-10-15;/h1-13H;1H. The van der Waals surface area contributed by atoms with Crippen molar-refractivity contribution in [1.29, 1.82) is 0 Å². The van der Waals surface area contributed by atoms with Crippen LogP contribution in [-0.4, -0.2) is 18.4 Å². The number of aromatic nitrogens is 2. The first-order chi connectivity index (χ1) is 13.5. The lowest BCUT2D eigenvalue weighted by molar-refractivity contribution is 0.596. The van der Waals surface area contributed by atoms with Gasteiger partial charge in [-0.2, -0.15) is 0 Å². The van der Waals surface area contributed by atoms with Gasteiger partial charge in [-0.15, -0.1) is 12.4 Å². The number of anilines is 2. The Hall–Kier alpha value is -2.30. The molecule has 0 saturated carbocycles. The number of hydrogen-bond donors (Lipinski definition) is 0. The molecule has 0 aliphatic heterocycles. The lowest BCUT2D eigenvalue weighted by Crippen LogP contribution is -2.27. The lowest BCUT2D eigenvalue weighted by Gasteiger charge is -2.24. The van der Waals surface area contributed by atoms with Crippen LogP contribution in [0.2, 0.25) is 0 Å². The summed E-state index contributed by atoms with van der Waals surface area (Å²) in [6.07, 6.45) is 1.24. The van der Waals surface area contributed by atoms with E-state index in [0.717, 1.165) is 0 Å². The molecule has 0 bridgehead atoms. The molecule has 0 N–H and O–H groups in total. The maximum absolute atomic E-state index is 14.0. The molecule has 1 heterocycles. The normalized spacial score (nSPS) is 11.1. The predicted octanol–water partition coefficient (Wildman–Crippen LogP) is 5.32. The summed E-state index contributed by atoms with van der Waals surface area (Å²) in [6.45, 7) is 0. The van der Waals surface area contributed by atoms with E-state index in [1.807, 2.05) is 22.6 Å². The summed E-state index contributed by atoms with van der Waals surface area (Å²) in [5.41, 5.74) is 0.748. The Morgan fingerprint density at radius 3 is 2.17 bits per heavy atom. The molecule has 29 heavy (non-hydrogen) atoms. The van der Waals surface area contributed by atoms with Gasteiger partial charge in [-0.25, -0.2) is 27.1 Å². The fraction of sp³-hybridized carbons (Fsp3) is 0. The van der Waals surface area contributed by atoms with Crippen LogP contribution in [0.25, 0.3) is 10.9 Å². The van der Waals surface area contributed by atoms with Crippen molar-refractivity contribution in [3.63, 3.8) is 0 Å². The van der Waals surface area contributed by atoms with Gasteiger partial charge in [-0.3, -0.25) is 0 Å². The molecule has 0 saturated heterocycles.